The lowest BCUT2D eigenvalue weighted by Gasteiger charge is -2.31. The van der Waals surface area contributed by atoms with Crippen LogP contribution in [0.3, 0.4) is 0 Å². The molecule has 0 saturated heterocycles. The molecule has 2 heteroatoms. The Morgan fingerprint density at radius 1 is 0.290 bits per heavy atom. The minimum atomic E-state index is 0.900. The highest BCUT2D eigenvalue weighted by molar-refractivity contribution is 6.24. The average Bonchev–Trinajstić information content (AvgIpc) is 3.74. The van der Waals surface area contributed by atoms with Gasteiger partial charge in [-0.05, 0) is 96.7 Å². The molecule has 0 saturated carbocycles. The van der Waals surface area contributed by atoms with Crippen LogP contribution in [-0.2, 0) is 0 Å². The molecule has 0 unspecified atom stereocenters. The summed E-state index contributed by atoms with van der Waals surface area (Å²) in [6, 6.07) is 85.6. The summed E-state index contributed by atoms with van der Waals surface area (Å²) in [5, 5.41) is 9.54. The molecule has 290 valence electrons. The minimum absolute atomic E-state index is 0.900. The van der Waals surface area contributed by atoms with Crippen LogP contribution in [0.2, 0.25) is 0 Å². The SMILES string of the molecule is c1ccc(-c2cccc(-c3ccc(N(c4ccc(-c5cccc6c5oc5ccccc56)cc4)c4c(-c5cccc6ccccc56)c5ccccc5c5ccccc45)cc3)c2)cc1. The van der Waals surface area contributed by atoms with Crippen LogP contribution in [-0.4, -0.2) is 0 Å². The van der Waals surface area contributed by atoms with Crippen LogP contribution < -0.4 is 4.90 Å². The Balaban J connectivity index is 1.09. The highest BCUT2D eigenvalue weighted by Gasteiger charge is 2.25. The van der Waals surface area contributed by atoms with E-state index < -0.39 is 0 Å². The standard InChI is InChI=1S/C60H39NO/c1-2-15-40(16-3-1)44-19-12-20-45(39-44)41-31-35-46(36-32-41)61(47-37-33-43(34-38-47)49-27-14-29-56-52-24-10-11-30-57(52)62-60(49)56)59-55-26-9-7-23-51(55)50-22-6-8-25-54(50)58(59)53-28-13-18-42-17-4-5-21-48(42)53/h1-39H. The molecule has 0 N–H and O–H groups in total. The van der Waals surface area contributed by atoms with Crippen molar-refractivity contribution in [3.63, 3.8) is 0 Å². The van der Waals surface area contributed by atoms with E-state index in [1.54, 1.807) is 0 Å². The molecule has 0 bridgehead atoms. The van der Waals surface area contributed by atoms with Gasteiger partial charge in [0.25, 0.3) is 0 Å². The molecule has 62 heavy (non-hydrogen) atoms. The van der Waals surface area contributed by atoms with Crippen molar-refractivity contribution in [3.8, 4) is 44.5 Å². The third-order valence-corrected chi connectivity index (χ3v) is 12.5. The molecule has 0 spiro atoms. The summed E-state index contributed by atoms with van der Waals surface area (Å²) in [5.74, 6) is 0. The maximum absolute atomic E-state index is 6.51. The van der Waals surface area contributed by atoms with Crippen LogP contribution >= 0.6 is 0 Å². The zero-order valence-electron chi connectivity index (χ0n) is 33.9. The van der Waals surface area contributed by atoms with Crippen molar-refractivity contribution in [2.45, 2.75) is 0 Å². The topological polar surface area (TPSA) is 16.4 Å². The summed E-state index contributed by atoms with van der Waals surface area (Å²) < 4.78 is 6.51. The van der Waals surface area contributed by atoms with Crippen LogP contribution in [0, 0.1) is 0 Å². The van der Waals surface area contributed by atoms with Gasteiger partial charge >= 0.3 is 0 Å². The minimum Gasteiger partial charge on any atom is -0.455 e. The Kier molecular flexibility index (Phi) is 8.53. The van der Waals surface area contributed by atoms with Crippen LogP contribution in [0.5, 0.6) is 0 Å². The predicted octanol–water partition coefficient (Wildman–Crippen LogP) is 17.2. The van der Waals surface area contributed by atoms with Gasteiger partial charge in [-0.15, -0.1) is 0 Å². The van der Waals surface area contributed by atoms with Gasteiger partial charge in [0.2, 0.25) is 0 Å². The molecule has 0 aliphatic heterocycles. The molecule has 0 aliphatic rings. The Morgan fingerprint density at radius 2 is 0.774 bits per heavy atom. The zero-order chi connectivity index (χ0) is 41.0. The highest BCUT2D eigenvalue weighted by atomic mass is 16.3. The summed E-state index contributed by atoms with van der Waals surface area (Å²) >= 11 is 0. The van der Waals surface area contributed by atoms with Crippen molar-refractivity contribution in [3.05, 3.63) is 237 Å². The number of nitrogens with zero attached hydrogens (tertiary/aromatic N) is 1. The first kappa shape index (κ1) is 35.7. The second kappa shape index (κ2) is 14.8. The number of anilines is 3. The molecule has 0 aliphatic carbocycles. The van der Waals surface area contributed by atoms with Crippen molar-refractivity contribution < 1.29 is 4.42 Å². The summed E-state index contributed by atoms with van der Waals surface area (Å²) in [6.45, 7) is 0. The zero-order valence-corrected chi connectivity index (χ0v) is 33.9. The second-order valence-electron chi connectivity index (χ2n) is 16.0. The quantitative estimate of drug-likeness (QED) is 0.150. The number of hydrogen-bond donors (Lipinski definition) is 0. The molecular weight excluding hydrogens is 751 g/mol. The molecule has 2 nitrogen and oxygen atoms in total. The molecule has 1 heterocycles. The summed E-state index contributed by atoms with van der Waals surface area (Å²) in [4.78, 5) is 2.47. The molecule has 12 rings (SSSR count). The number of benzene rings is 11. The maximum atomic E-state index is 6.51. The van der Waals surface area contributed by atoms with E-state index in [9.17, 15) is 0 Å². The van der Waals surface area contributed by atoms with Gasteiger partial charge in [0, 0.05) is 38.7 Å². The van der Waals surface area contributed by atoms with Crippen LogP contribution in [0.1, 0.15) is 0 Å². The van der Waals surface area contributed by atoms with Crippen molar-refractivity contribution in [1.29, 1.82) is 0 Å². The fourth-order valence-electron chi connectivity index (χ4n) is 9.55. The molecule has 11 aromatic carbocycles. The number of para-hydroxylation sites is 2. The fraction of sp³-hybridized carbons (Fsp3) is 0. The Morgan fingerprint density at radius 3 is 1.52 bits per heavy atom. The van der Waals surface area contributed by atoms with E-state index in [0.29, 0.717) is 0 Å². The van der Waals surface area contributed by atoms with E-state index in [-0.39, 0.29) is 0 Å². The third-order valence-electron chi connectivity index (χ3n) is 12.5. The largest absolute Gasteiger partial charge is 0.455 e. The van der Waals surface area contributed by atoms with Gasteiger partial charge in [-0.3, -0.25) is 0 Å². The van der Waals surface area contributed by atoms with E-state index in [1.807, 2.05) is 12.1 Å². The van der Waals surface area contributed by atoms with Crippen molar-refractivity contribution in [1.82, 2.24) is 0 Å². The number of fused-ring (bicyclic) bond motifs is 7. The average molecular weight is 790 g/mol. The highest BCUT2D eigenvalue weighted by Crippen LogP contribution is 2.51. The van der Waals surface area contributed by atoms with Crippen molar-refractivity contribution in [2.75, 3.05) is 4.90 Å². The van der Waals surface area contributed by atoms with Gasteiger partial charge in [-0.25, -0.2) is 0 Å². The number of hydrogen-bond acceptors (Lipinski definition) is 2. The fourth-order valence-corrected chi connectivity index (χ4v) is 9.55. The summed E-state index contributed by atoms with van der Waals surface area (Å²) in [6.07, 6.45) is 0. The normalized spacial score (nSPS) is 11.5. The number of rotatable bonds is 7. The van der Waals surface area contributed by atoms with Gasteiger partial charge in [-0.2, -0.15) is 0 Å². The van der Waals surface area contributed by atoms with E-state index in [2.05, 4.69) is 229 Å². The van der Waals surface area contributed by atoms with Gasteiger partial charge in [0.15, 0.2) is 0 Å². The first-order chi connectivity index (χ1) is 30.8. The lowest BCUT2D eigenvalue weighted by Crippen LogP contribution is -2.12. The lowest BCUT2D eigenvalue weighted by molar-refractivity contribution is 0.670. The van der Waals surface area contributed by atoms with E-state index in [4.69, 9.17) is 4.42 Å². The first-order valence-corrected chi connectivity index (χ1v) is 21.3. The van der Waals surface area contributed by atoms with Crippen molar-refractivity contribution in [2.24, 2.45) is 0 Å². The summed E-state index contributed by atoms with van der Waals surface area (Å²) in [7, 11) is 0. The lowest BCUT2D eigenvalue weighted by atomic mass is 9.88. The first-order valence-electron chi connectivity index (χ1n) is 21.3. The summed E-state index contributed by atoms with van der Waals surface area (Å²) in [5.41, 5.74) is 14.4. The van der Waals surface area contributed by atoms with Crippen LogP contribution in [0.25, 0.3) is 98.8 Å². The molecule has 0 fully saturated rings. The molecule has 0 atom stereocenters. The maximum Gasteiger partial charge on any atom is 0.143 e. The third kappa shape index (κ3) is 5.96. The number of furan rings is 1. The van der Waals surface area contributed by atoms with E-state index in [1.165, 1.54) is 65.7 Å². The molecule has 1 aromatic heterocycles. The molecule has 0 amide bonds. The predicted molar refractivity (Wildman–Crippen MR) is 263 cm³/mol. The van der Waals surface area contributed by atoms with Crippen LogP contribution in [0.4, 0.5) is 17.1 Å². The van der Waals surface area contributed by atoms with Gasteiger partial charge in [0.1, 0.15) is 11.2 Å². The molecule has 0 radical (unpaired) electrons. The Labute approximate surface area is 360 Å². The second-order valence-corrected chi connectivity index (χ2v) is 16.0. The van der Waals surface area contributed by atoms with E-state index in [0.717, 1.165) is 50.1 Å². The monoisotopic (exact) mass is 789 g/mol. The Hall–Kier alpha value is -8.20. The smallest absolute Gasteiger partial charge is 0.143 e. The Bertz CT molecular complexity index is 3610. The molecular formula is C60H39NO. The van der Waals surface area contributed by atoms with Gasteiger partial charge in [-0.1, -0.05) is 200 Å². The van der Waals surface area contributed by atoms with Crippen molar-refractivity contribution >= 4 is 71.3 Å². The van der Waals surface area contributed by atoms with Crippen LogP contribution in [0.15, 0.2) is 241 Å². The van der Waals surface area contributed by atoms with Gasteiger partial charge < -0.3 is 9.32 Å². The molecule has 12 aromatic rings. The van der Waals surface area contributed by atoms with E-state index >= 15 is 0 Å². The van der Waals surface area contributed by atoms with Gasteiger partial charge in [0.05, 0.1) is 5.69 Å².